The average molecular weight is 302 g/mol. The summed E-state index contributed by atoms with van der Waals surface area (Å²) >= 11 is 1.33. The molecule has 7 nitrogen and oxygen atoms in total. The summed E-state index contributed by atoms with van der Waals surface area (Å²) in [5.41, 5.74) is -0.445. The molecule has 2 heterocycles. The summed E-state index contributed by atoms with van der Waals surface area (Å²) in [6, 6.07) is 0. The van der Waals surface area contributed by atoms with Gasteiger partial charge in [-0.2, -0.15) is 0 Å². The molecule has 1 aliphatic rings. The smallest absolute Gasteiger partial charge is 0.329 e. The summed E-state index contributed by atoms with van der Waals surface area (Å²) in [4.78, 5) is 25.8. The van der Waals surface area contributed by atoms with Crippen LogP contribution in [-0.2, 0) is 11.2 Å². The number of aromatic amines is 1. The number of aliphatic hydroxyl groups excluding tert-OH is 2. The van der Waals surface area contributed by atoms with Crippen molar-refractivity contribution in [2.75, 3.05) is 20.3 Å². The Morgan fingerprint density at radius 2 is 2.30 bits per heavy atom. The highest BCUT2D eigenvalue weighted by Gasteiger charge is 2.34. The predicted octanol–water partition coefficient (Wildman–Crippen LogP) is -0.917. The van der Waals surface area contributed by atoms with Gasteiger partial charge < -0.3 is 14.9 Å². The van der Waals surface area contributed by atoms with Gasteiger partial charge in [0, 0.05) is 31.7 Å². The van der Waals surface area contributed by atoms with Gasteiger partial charge in [0.05, 0.1) is 29.9 Å². The molecule has 0 spiro atoms. The summed E-state index contributed by atoms with van der Waals surface area (Å²) in [6.07, 6.45) is 1.64. The molecule has 0 radical (unpaired) electrons. The standard InChI is InChI=1S/C12H18N2O5S/c1-19-3-2-7-5-14(12(18)13-11(7)17)10-4-8(16)9(6-15)20-10/h5,8-10,15-16H,2-4,6H2,1H3,(H,13,17,18)/t8-,9+,10+/m0/s1. The Bertz CT molecular complexity index is 570. The fourth-order valence-corrected chi connectivity index (χ4v) is 3.56. The van der Waals surface area contributed by atoms with E-state index in [1.807, 2.05) is 0 Å². The van der Waals surface area contributed by atoms with Gasteiger partial charge in [-0.1, -0.05) is 0 Å². The summed E-state index contributed by atoms with van der Waals surface area (Å²) in [5, 5.41) is 18.3. The first kappa shape index (κ1) is 15.3. The Morgan fingerprint density at radius 1 is 1.55 bits per heavy atom. The third kappa shape index (κ3) is 3.14. The van der Waals surface area contributed by atoms with Gasteiger partial charge in [0.1, 0.15) is 0 Å². The molecule has 0 bridgehead atoms. The molecule has 1 aliphatic heterocycles. The van der Waals surface area contributed by atoms with Gasteiger partial charge in [-0.15, -0.1) is 11.8 Å². The van der Waals surface area contributed by atoms with Gasteiger partial charge in [-0.25, -0.2) is 4.79 Å². The Balaban J connectivity index is 2.28. The first-order chi connectivity index (χ1) is 9.56. The van der Waals surface area contributed by atoms with Crippen LogP contribution in [0.2, 0.25) is 0 Å². The normalized spacial score (nSPS) is 26.1. The zero-order chi connectivity index (χ0) is 14.7. The third-order valence-corrected chi connectivity index (χ3v) is 4.86. The van der Waals surface area contributed by atoms with Crippen molar-refractivity contribution in [3.63, 3.8) is 0 Å². The fraction of sp³-hybridized carbons (Fsp3) is 0.667. The van der Waals surface area contributed by atoms with E-state index in [0.29, 0.717) is 25.0 Å². The van der Waals surface area contributed by atoms with E-state index in [1.54, 1.807) is 7.11 Å². The van der Waals surface area contributed by atoms with Gasteiger partial charge in [0.15, 0.2) is 0 Å². The number of thioether (sulfide) groups is 1. The van der Waals surface area contributed by atoms with Crippen LogP contribution < -0.4 is 11.2 Å². The van der Waals surface area contributed by atoms with Crippen molar-refractivity contribution >= 4 is 11.8 Å². The molecule has 0 aliphatic carbocycles. The quantitative estimate of drug-likeness (QED) is 0.650. The number of aromatic nitrogens is 2. The number of hydrogen-bond donors (Lipinski definition) is 3. The molecule has 3 N–H and O–H groups in total. The molecule has 2 rings (SSSR count). The molecule has 1 saturated heterocycles. The fourth-order valence-electron chi connectivity index (χ4n) is 2.18. The second-order valence-corrected chi connectivity index (χ2v) is 6.10. The van der Waals surface area contributed by atoms with Gasteiger partial charge in [0.25, 0.3) is 5.56 Å². The zero-order valence-electron chi connectivity index (χ0n) is 11.1. The van der Waals surface area contributed by atoms with Crippen LogP contribution >= 0.6 is 11.8 Å². The van der Waals surface area contributed by atoms with Crippen LogP contribution in [0.4, 0.5) is 0 Å². The highest BCUT2D eigenvalue weighted by molar-refractivity contribution is 8.00. The van der Waals surface area contributed by atoms with Gasteiger partial charge >= 0.3 is 5.69 Å². The first-order valence-electron chi connectivity index (χ1n) is 6.34. The molecule has 8 heteroatoms. The van der Waals surface area contributed by atoms with Crippen LogP contribution in [-0.4, -0.2) is 51.4 Å². The summed E-state index contributed by atoms with van der Waals surface area (Å²) < 4.78 is 6.34. The first-order valence-corrected chi connectivity index (χ1v) is 7.28. The molecule has 1 aromatic heterocycles. The van der Waals surface area contributed by atoms with Gasteiger partial charge in [-0.05, 0) is 0 Å². The van der Waals surface area contributed by atoms with Crippen molar-refractivity contribution < 1.29 is 14.9 Å². The third-order valence-electron chi connectivity index (χ3n) is 3.31. The van der Waals surface area contributed by atoms with E-state index in [9.17, 15) is 14.7 Å². The molecule has 20 heavy (non-hydrogen) atoms. The molecule has 0 aromatic carbocycles. The summed E-state index contributed by atoms with van der Waals surface area (Å²) in [5.74, 6) is 0. The molecule has 0 saturated carbocycles. The van der Waals surface area contributed by atoms with Crippen LogP contribution in [0.25, 0.3) is 0 Å². The minimum absolute atomic E-state index is 0.142. The van der Waals surface area contributed by atoms with E-state index in [0.717, 1.165) is 0 Å². The minimum atomic E-state index is -0.656. The Labute approximate surface area is 119 Å². The summed E-state index contributed by atoms with van der Waals surface area (Å²) in [7, 11) is 1.54. The molecule has 0 unspecified atom stereocenters. The van der Waals surface area contributed by atoms with E-state index in [1.165, 1.54) is 22.5 Å². The monoisotopic (exact) mass is 302 g/mol. The highest BCUT2D eigenvalue weighted by Crippen LogP contribution is 2.40. The minimum Gasteiger partial charge on any atom is -0.395 e. The van der Waals surface area contributed by atoms with E-state index < -0.39 is 17.4 Å². The number of rotatable bonds is 5. The van der Waals surface area contributed by atoms with Crippen LogP contribution in [0.1, 0.15) is 17.4 Å². The maximum Gasteiger partial charge on any atom is 0.329 e. The van der Waals surface area contributed by atoms with Crippen LogP contribution in [0, 0.1) is 0 Å². The number of nitrogens with zero attached hydrogens (tertiary/aromatic N) is 1. The lowest BCUT2D eigenvalue weighted by molar-refractivity contribution is 0.137. The Hall–Kier alpha value is -1.09. The van der Waals surface area contributed by atoms with Gasteiger partial charge in [-0.3, -0.25) is 14.3 Å². The lowest BCUT2D eigenvalue weighted by Gasteiger charge is -2.14. The Morgan fingerprint density at radius 3 is 2.90 bits per heavy atom. The largest absolute Gasteiger partial charge is 0.395 e. The second-order valence-electron chi connectivity index (χ2n) is 4.68. The van der Waals surface area contributed by atoms with Crippen molar-refractivity contribution in [1.29, 1.82) is 0 Å². The highest BCUT2D eigenvalue weighted by atomic mass is 32.2. The van der Waals surface area contributed by atoms with E-state index in [4.69, 9.17) is 9.84 Å². The maximum absolute atomic E-state index is 11.9. The van der Waals surface area contributed by atoms with Crippen LogP contribution in [0.3, 0.4) is 0 Å². The topological polar surface area (TPSA) is 105 Å². The van der Waals surface area contributed by atoms with Crippen LogP contribution in [0.15, 0.2) is 15.8 Å². The van der Waals surface area contributed by atoms with Gasteiger partial charge in [0.2, 0.25) is 0 Å². The van der Waals surface area contributed by atoms with Crippen molar-refractivity contribution in [2.24, 2.45) is 0 Å². The molecule has 0 amide bonds. The Kier molecular flexibility index (Phi) is 5.03. The molecular formula is C12H18N2O5S. The molecule has 112 valence electrons. The number of H-pyrrole nitrogens is 1. The van der Waals surface area contributed by atoms with Crippen LogP contribution in [0.5, 0.6) is 0 Å². The number of nitrogens with one attached hydrogen (secondary N) is 1. The molecule has 1 fully saturated rings. The van der Waals surface area contributed by atoms with Crippen molar-refractivity contribution in [2.45, 2.75) is 29.6 Å². The molecule has 3 atom stereocenters. The molecule has 1 aromatic rings. The van der Waals surface area contributed by atoms with Crippen molar-refractivity contribution in [3.05, 3.63) is 32.6 Å². The number of methoxy groups -OCH3 is 1. The SMILES string of the molecule is COCCc1cn([C@H]2C[C@H](O)[C@@H](CO)S2)c(=O)[nH]c1=O. The summed E-state index contributed by atoms with van der Waals surface area (Å²) in [6.45, 7) is 0.248. The van der Waals surface area contributed by atoms with Crippen molar-refractivity contribution in [1.82, 2.24) is 9.55 Å². The van der Waals surface area contributed by atoms with Crippen molar-refractivity contribution in [3.8, 4) is 0 Å². The number of ether oxygens (including phenoxy) is 1. The van der Waals surface area contributed by atoms with E-state index in [2.05, 4.69) is 4.98 Å². The van der Waals surface area contributed by atoms with E-state index in [-0.39, 0.29) is 17.2 Å². The zero-order valence-corrected chi connectivity index (χ0v) is 11.9. The van der Waals surface area contributed by atoms with E-state index >= 15 is 0 Å². The molecular weight excluding hydrogens is 284 g/mol. The maximum atomic E-state index is 11.9. The number of hydrogen-bond acceptors (Lipinski definition) is 6. The second kappa shape index (κ2) is 6.57. The number of aliphatic hydroxyl groups is 2. The lowest BCUT2D eigenvalue weighted by Crippen LogP contribution is -2.33. The average Bonchev–Trinajstić information content (AvgIpc) is 2.79. The predicted molar refractivity (Wildman–Crippen MR) is 75.0 cm³/mol. The lowest BCUT2D eigenvalue weighted by atomic mass is 10.2.